The molecule has 19 heavy (non-hydrogen) atoms. The van der Waals surface area contributed by atoms with Crippen LogP contribution in [0.2, 0.25) is 18.1 Å². The minimum atomic E-state index is -1.56. The van der Waals surface area contributed by atoms with Gasteiger partial charge in [-0.25, -0.2) is 0 Å². The Balaban J connectivity index is 2.20. The zero-order valence-electron chi connectivity index (χ0n) is 13.5. The standard InChI is InChI=1S/C16H30O2Si/c1-14(13-15-10-8-11-17-15)9-7-12-18-19(5,6)16(2,3)4/h8,10-11,14H,7,9,12-13H2,1-6H3/t14-/m1/s1. The highest BCUT2D eigenvalue weighted by atomic mass is 28.4. The minimum absolute atomic E-state index is 0.312. The van der Waals surface area contributed by atoms with Crippen LogP contribution in [-0.4, -0.2) is 14.9 Å². The first-order chi connectivity index (χ1) is 8.72. The maximum atomic E-state index is 6.19. The molecule has 0 spiro atoms. The van der Waals surface area contributed by atoms with Crippen molar-refractivity contribution in [2.45, 2.75) is 65.1 Å². The highest BCUT2D eigenvalue weighted by molar-refractivity contribution is 6.74. The second-order valence-electron chi connectivity index (χ2n) is 7.14. The van der Waals surface area contributed by atoms with Crippen LogP contribution in [0.4, 0.5) is 0 Å². The predicted molar refractivity (Wildman–Crippen MR) is 84.0 cm³/mol. The quantitative estimate of drug-likeness (QED) is 0.503. The number of hydrogen-bond acceptors (Lipinski definition) is 2. The van der Waals surface area contributed by atoms with E-state index >= 15 is 0 Å². The van der Waals surface area contributed by atoms with Crippen molar-refractivity contribution < 1.29 is 8.84 Å². The molecule has 1 heterocycles. The fourth-order valence-corrected chi connectivity index (χ4v) is 2.94. The van der Waals surface area contributed by atoms with Crippen LogP contribution in [0.5, 0.6) is 0 Å². The van der Waals surface area contributed by atoms with Gasteiger partial charge in [0, 0.05) is 13.0 Å². The zero-order chi connectivity index (χ0) is 14.5. The van der Waals surface area contributed by atoms with Gasteiger partial charge in [0.05, 0.1) is 6.26 Å². The molecule has 1 rings (SSSR count). The zero-order valence-corrected chi connectivity index (χ0v) is 14.5. The van der Waals surface area contributed by atoms with Crippen molar-refractivity contribution >= 4 is 8.32 Å². The number of furan rings is 1. The molecule has 2 nitrogen and oxygen atoms in total. The summed E-state index contributed by atoms with van der Waals surface area (Å²) in [4.78, 5) is 0. The molecular formula is C16H30O2Si. The van der Waals surface area contributed by atoms with Gasteiger partial charge in [-0.3, -0.25) is 0 Å². The van der Waals surface area contributed by atoms with Crippen molar-refractivity contribution in [2.24, 2.45) is 5.92 Å². The molecular weight excluding hydrogens is 252 g/mol. The van der Waals surface area contributed by atoms with E-state index in [-0.39, 0.29) is 0 Å². The summed E-state index contributed by atoms with van der Waals surface area (Å²) in [7, 11) is -1.56. The summed E-state index contributed by atoms with van der Waals surface area (Å²) in [6.45, 7) is 14.7. The van der Waals surface area contributed by atoms with Gasteiger partial charge >= 0.3 is 0 Å². The van der Waals surface area contributed by atoms with E-state index in [1.165, 1.54) is 6.42 Å². The van der Waals surface area contributed by atoms with Crippen LogP contribution in [0.1, 0.15) is 46.3 Å². The van der Waals surface area contributed by atoms with Crippen LogP contribution in [0.25, 0.3) is 0 Å². The number of hydrogen-bond donors (Lipinski definition) is 0. The molecule has 110 valence electrons. The first kappa shape index (κ1) is 16.5. The SMILES string of the molecule is C[C@H](CCCO[Si](C)(C)C(C)(C)C)Cc1ccco1. The van der Waals surface area contributed by atoms with Crippen molar-refractivity contribution in [1.82, 2.24) is 0 Å². The first-order valence-corrected chi connectivity index (χ1v) is 10.3. The average molecular weight is 282 g/mol. The molecule has 0 unspecified atom stereocenters. The Morgan fingerprint density at radius 3 is 2.53 bits per heavy atom. The highest BCUT2D eigenvalue weighted by Crippen LogP contribution is 2.36. The lowest BCUT2D eigenvalue weighted by Gasteiger charge is -2.36. The summed E-state index contributed by atoms with van der Waals surface area (Å²) >= 11 is 0. The summed E-state index contributed by atoms with van der Waals surface area (Å²) in [5.41, 5.74) is 0. The van der Waals surface area contributed by atoms with E-state index < -0.39 is 8.32 Å². The van der Waals surface area contributed by atoms with Gasteiger partial charge in [-0.15, -0.1) is 0 Å². The van der Waals surface area contributed by atoms with E-state index in [0.29, 0.717) is 11.0 Å². The highest BCUT2D eigenvalue weighted by Gasteiger charge is 2.36. The Morgan fingerprint density at radius 2 is 2.00 bits per heavy atom. The summed E-state index contributed by atoms with van der Waals surface area (Å²) in [6.07, 6.45) is 5.14. The summed E-state index contributed by atoms with van der Waals surface area (Å²) < 4.78 is 11.6. The molecule has 0 aromatic carbocycles. The van der Waals surface area contributed by atoms with Gasteiger partial charge in [-0.05, 0) is 49.0 Å². The van der Waals surface area contributed by atoms with Crippen LogP contribution < -0.4 is 0 Å². The van der Waals surface area contributed by atoms with Crippen LogP contribution in [0.15, 0.2) is 22.8 Å². The Hall–Kier alpha value is -0.543. The molecule has 0 aliphatic heterocycles. The van der Waals surface area contributed by atoms with Crippen molar-refractivity contribution in [2.75, 3.05) is 6.61 Å². The van der Waals surface area contributed by atoms with Crippen molar-refractivity contribution in [3.05, 3.63) is 24.2 Å². The fourth-order valence-electron chi connectivity index (χ4n) is 1.85. The molecule has 0 amide bonds. The van der Waals surface area contributed by atoms with Gasteiger partial charge in [-0.1, -0.05) is 27.7 Å². The Labute approximate surface area is 119 Å². The lowest BCUT2D eigenvalue weighted by Crippen LogP contribution is -2.41. The third kappa shape index (κ3) is 5.53. The lowest BCUT2D eigenvalue weighted by atomic mass is 10.0. The van der Waals surface area contributed by atoms with E-state index in [4.69, 9.17) is 8.84 Å². The monoisotopic (exact) mass is 282 g/mol. The fraction of sp³-hybridized carbons (Fsp3) is 0.750. The molecule has 0 bridgehead atoms. The third-order valence-corrected chi connectivity index (χ3v) is 8.78. The van der Waals surface area contributed by atoms with Crippen molar-refractivity contribution in [3.8, 4) is 0 Å². The summed E-state index contributed by atoms with van der Waals surface area (Å²) in [6, 6.07) is 4.02. The van der Waals surface area contributed by atoms with Crippen LogP contribution in [-0.2, 0) is 10.8 Å². The first-order valence-electron chi connectivity index (χ1n) is 7.39. The van der Waals surface area contributed by atoms with Crippen molar-refractivity contribution in [1.29, 1.82) is 0 Å². The molecule has 0 radical (unpaired) electrons. The van der Waals surface area contributed by atoms with E-state index in [1.54, 1.807) is 6.26 Å². The van der Waals surface area contributed by atoms with E-state index in [9.17, 15) is 0 Å². The Kier molecular flexibility index (Phi) is 5.87. The molecule has 0 saturated heterocycles. The number of rotatable bonds is 7. The molecule has 0 saturated carbocycles. The topological polar surface area (TPSA) is 22.4 Å². The van der Waals surface area contributed by atoms with E-state index in [2.05, 4.69) is 46.9 Å². The molecule has 0 N–H and O–H groups in total. The third-order valence-electron chi connectivity index (χ3n) is 4.24. The molecule has 1 aromatic rings. The molecule has 1 atom stereocenters. The molecule has 3 heteroatoms. The second-order valence-corrected chi connectivity index (χ2v) is 11.9. The summed E-state index contributed by atoms with van der Waals surface area (Å²) in [5.74, 6) is 1.76. The van der Waals surface area contributed by atoms with Crippen LogP contribution in [0.3, 0.4) is 0 Å². The van der Waals surface area contributed by atoms with Gasteiger partial charge in [-0.2, -0.15) is 0 Å². The molecule has 1 aromatic heterocycles. The maximum absolute atomic E-state index is 6.19. The maximum Gasteiger partial charge on any atom is 0.191 e. The smallest absolute Gasteiger partial charge is 0.191 e. The lowest BCUT2D eigenvalue weighted by molar-refractivity contribution is 0.268. The van der Waals surface area contributed by atoms with Gasteiger partial charge < -0.3 is 8.84 Å². The van der Waals surface area contributed by atoms with Crippen molar-refractivity contribution in [3.63, 3.8) is 0 Å². The van der Waals surface area contributed by atoms with E-state index in [0.717, 1.165) is 25.2 Å². The second kappa shape index (κ2) is 6.75. The van der Waals surface area contributed by atoms with Crippen LogP contribution in [0, 0.1) is 5.92 Å². The predicted octanol–water partition coefficient (Wildman–Crippen LogP) is 5.26. The van der Waals surface area contributed by atoms with E-state index in [1.807, 2.05) is 6.07 Å². The minimum Gasteiger partial charge on any atom is -0.469 e. The molecule has 0 aliphatic rings. The molecule has 0 aliphatic carbocycles. The summed E-state index contributed by atoms with van der Waals surface area (Å²) in [5, 5.41) is 0.312. The van der Waals surface area contributed by atoms with Crippen LogP contribution >= 0.6 is 0 Å². The Morgan fingerprint density at radius 1 is 1.32 bits per heavy atom. The normalized spacial score (nSPS) is 14.6. The largest absolute Gasteiger partial charge is 0.469 e. The van der Waals surface area contributed by atoms with Gasteiger partial charge in [0.1, 0.15) is 5.76 Å². The average Bonchev–Trinajstić information content (AvgIpc) is 2.75. The molecule has 0 fully saturated rings. The Bertz CT molecular complexity index is 349. The van der Waals surface area contributed by atoms with Gasteiger partial charge in [0.25, 0.3) is 0 Å². The van der Waals surface area contributed by atoms with Gasteiger partial charge in [0.2, 0.25) is 0 Å². The van der Waals surface area contributed by atoms with Gasteiger partial charge in [0.15, 0.2) is 8.32 Å².